The van der Waals surface area contributed by atoms with Gasteiger partial charge in [0.15, 0.2) is 0 Å². The van der Waals surface area contributed by atoms with Crippen molar-refractivity contribution < 1.29 is 9.90 Å². The number of carboxylic acids is 1. The fourth-order valence-corrected chi connectivity index (χ4v) is 1.70. The highest BCUT2D eigenvalue weighted by molar-refractivity contribution is 5.86. The molecule has 0 saturated heterocycles. The Balaban J connectivity index is 1.96. The Morgan fingerprint density at radius 2 is 1.80 bits per heavy atom. The van der Waals surface area contributed by atoms with Crippen molar-refractivity contribution in [3.63, 3.8) is 0 Å². The van der Waals surface area contributed by atoms with Crippen LogP contribution in [0.25, 0.3) is 0 Å². The van der Waals surface area contributed by atoms with Crippen LogP contribution in [0.1, 0.15) is 28.4 Å². The molecule has 0 unspecified atom stereocenters. The van der Waals surface area contributed by atoms with Gasteiger partial charge in [0.1, 0.15) is 0 Å². The van der Waals surface area contributed by atoms with E-state index in [1.165, 1.54) is 17.7 Å². The molecule has 0 fully saturated rings. The number of nitrogens with zero attached hydrogens (tertiary/aromatic N) is 1. The molecule has 0 radical (unpaired) electrons. The van der Waals surface area contributed by atoms with Gasteiger partial charge in [0.25, 0.3) is 0 Å². The topological polar surface area (TPSA) is 64.5 Å². The number of rotatable bonds is 5. The molecule has 0 aromatic heterocycles. The van der Waals surface area contributed by atoms with Crippen molar-refractivity contribution in [2.45, 2.75) is 13.3 Å². The van der Waals surface area contributed by atoms with Gasteiger partial charge < -0.3 is 9.90 Å². The maximum Gasteiger partial charge on any atom is 0.0715 e. The fourth-order valence-electron chi connectivity index (χ4n) is 1.70. The Kier molecular flexibility index (Phi) is 4.50. The van der Waals surface area contributed by atoms with E-state index in [0.717, 1.165) is 17.7 Å². The van der Waals surface area contributed by atoms with Crippen LogP contribution in [0, 0.1) is 0 Å². The first-order valence-corrected chi connectivity index (χ1v) is 6.38. The molecule has 0 spiro atoms. The molecule has 0 aliphatic rings. The summed E-state index contributed by atoms with van der Waals surface area (Å²) >= 11 is 0. The molecular formula is C16H15N2O2-. The molecule has 2 aromatic carbocycles. The van der Waals surface area contributed by atoms with Crippen LogP contribution in [-0.4, -0.2) is 12.2 Å². The van der Waals surface area contributed by atoms with E-state index in [0.29, 0.717) is 0 Å². The summed E-state index contributed by atoms with van der Waals surface area (Å²) in [5.41, 5.74) is 6.00. The van der Waals surface area contributed by atoms with Crippen LogP contribution in [-0.2, 0) is 6.42 Å². The summed E-state index contributed by atoms with van der Waals surface area (Å²) in [5.74, 6) is -1.18. The second-order valence-electron chi connectivity index (χ2n) is 4.33. The fraction of sp³-hybridized carbons (Fsp3) is 0.125. The zero-order valence-corrected chi connectivity index (χ0v) is 11.2. The zero-order valence-electron chi connectivity index (χ0n) is 11.2. The molecule has 0 atom stereocenters. The van der Waals surface area contributed by atoms with Crippen LogP contribution in [0.15, 0.2) is 53.6 Å². The van der Waals surface area contributed by atoms with Gasteiger partial charge >= 0.3 is 0 Å². The van der Waals surface area contributed by atoms with Gasteiger partial charge in [0.05, 0.1) is 17.9 Å². The van der Waals surface area contributed by atoms with Gasteiger partial charge in [-0.15, -0.1) is 0 Å². The molecular weight excluding hydrogens is 252 g/mol. The molecule has 4 nitrogen and oxygen atoms in total. The van der Waals surface area contributed by atoms with E-state index in [1.54, 1.807) is 18.3 Å². The Morgan fingerprint density at radius 3 is 2.35 bits per heavy atom. The van der Waals surface area contributed by atoms with Crippen molar-refractivity contribution in [3.8, 4) is 0 Å². The third kappa shape index (κ3) is 3.68. The zero-order chi connectivity index (χ0) is 14.4. The standard InChI is InChI=1S/C16H16N2O2/c1-2-12-3-5-13(6-4-12)11-17-18-15-9-7-14(8-10-15)16(19)20/h3-11,18H,2H2,1H3,(H,19,20)/p-1/b17-11-. The molecule has 20 heavy (non-hydrogen) atoms. The van der Waals surface area contributed by atoms with Crippen molar-refractivity contribution >= 4 is 17.9 Å². The first kappa shape index (κ1) is 13.8. The van der Waals surface area contributed by atoms with E-state index < -0.39 is 5.97 Å². The summed E-state index contributed by atoms with van der Waals surface area (Å²) in [6, 6.07) is 14.4. The summed E-state index contributed by atoms with van der Waals surface area (Å²) in [7, 11) is 0. The number of carbonyl (C=O) groups is 1. The minimum atomic E-state index is -1.18. The third-order valence-corrected chi connectivity index (χ3v) is 2.92. The van der Waals surface area contributed by atoms with Crippen molar-refractivity contribution in [2.75, 3.05) is 5.43 Å². The van der Waals surface area contributed by atoms with E-state index in [2.05, 4.69) is 29.6 Å². The second-order valence-corrected chi connectivity index (χ2v) is 4.33. The average Bonchev–Trinajstić information content (AvgIpc) is 2.48. The van der Waals surface area contributed by atoms with Crippen LogP contribution in [0.4, 0.5) is 5.69 Å². The van der Waals surface area contributed by atoms with E-state index in [9.17, 15) is 9.90 Å². The highest BCUT2D eigenvalue weighted by Gasteiger charge is 1.94. The Morgan fingerprint density at radius 1 is 1.15 bits per heavy atom. The molecule has 0 heterocycles. The number of nitrogens with one attached hydrogen (secondary N) is 1. The molecule has 0 aliphatic heterocycles. The van der Waals surface area contributed by atoms with Gasteiger partial charge in [0.2, 0.25) is 0 Å². The van der Waals surface area contributed by atoms with Crippen molar-refractivity contribution in [1.29, 1.82) is 0 Å². The summed E-state index contributed by atoms with van der Waals surface area (Å²) in [6.45, 7) is 2.11. The molecule has 0 saturated carbocycles. The van der Waals surface area contributed by atoms with Crippen molar-refractivity contribution in [1.82, 2.24) is 0 Å². The normalized spacial score (nSPS) is 10.7. The minimum Gasteiger partial charge on any atom is -0.545 e. The third-order valence-electron chi connectivity index (χ3n) is 2.92. The predicted octanol–water partition coefficient (Wildman–Crippen LogP) is 2.06. The number of benzene rings is 2. The lowest BCUT2D eigenvalue weighted by Gasteiger charge is -2.04. The first-order chi connectivity index (χ1) is 9.69. The summed E-state index contributed by atoms with van der Waals surface area (Å²) in [6.07, 6.45) is 2.73. The summed E-state index contributed by atoms with van der Waals surface area (Å²) in [4.78, 5) is 10.6. The monoisotopic (exact) mass is 267 g/mol. The lowest BCUT2D eigenvalue weighted by Crippen LogP contribution is -2.21. The van der Waals surface area contributed by atoms with Gasteiger partial charge in [-0.05, 0) is 35.2 Å². The molecule has 2 aromatic rings. The number of aryl methyl sites for hydroxylation is 1. The van der Waals surface area contributed by atoms with Crippen LogP contribution in [0.2, 0.25) is 0 Å². The molecule has 102 valence electrons. The SMILES string of the molecule is CCc1ccc(/C=N\Nc2ccc(C(=O)[O-])cc2)cc1. The first-order valence-electron chi connectivity index (χ1n) is 6.38. The number of aromatic carboxylic acids is 1. The van der Waals surface area contributed by atoms with Crippen LogP contribution in [0.3, 0.4) is 0 Å². The Labute approximate surface area is 117 Å². The van der Waals surface area contributed by atoms with Crippen LogP contribution >= 0.6 is 0 Å². The summed E-state index contributed by atoms with van der Waals surface area (Å²) in [5, 5.41) is 14.7. The van der Waals surface area contributed by atoms with Crippen molar-refractivity contribution in [2.24, 2.45) is 5.10 Å². The van der Waals surface area contributed by atoms with Gasteiger partial charge in [-0.2, -0.15) is 5.10 Å². The molecule has 0 aliphatic carbocycles. The van der Waals surface area contributed by atoms with Gasteiger partial charge in [-0.3, -0.25) is 5.43 Å². The summed E-state index contributed by atoms with van der Waals surface area (Å²) < 4.78 is 0. The highest BCUT2D eigenvalue weighted by Crippen LogP contribution is 2.09. The molecule has 4 heteroatoms. The van der Waals surface area contributed by atoms with Gasteiger partial charge in [-0.1, -0.05) is 43.3 Å². The van der Waals surface area contributed by atoms with Crippen LogP contribution in [0.5, 0.6) is 0 Å². The average molecular weight is 267 g/mol. The minimum absolute atomic E-state index is 0.148. The molecule has 0 amide bonds. The maximum atomic E-state index is 10.6. The lowest BCUT2D eigenvalue weighted by molar-refractivity contribution is -0.255. The largest absolute Gasteiger partial charge is 0.545 e. The van der Waals surface area contributed by atoms with E-state index >= 15 is 0 Å². The quantitative estimate of drug-likeness (QED) is 0.666. The Hall–Kier alpha value is -2.62. The predicted molar refractivity (Wildman–Crippen MR) is 77.8 cm³/mol. The number of carbonyl (C=O) groups excluding carboxylic acids is 1. The second kappa shape index (κ2) is 6.52. The number of hydrogen-bond acceptors (Lipinski definition) is 4. The van der Waals surface area contributed by atoms with E-state index in [1.807, 2.05) is 12.1 Å². The lowest BCUT2D eigenvalue weighted by atomic mass is 10.1. The maximum absolute atomic E-state index is 10.6. The Bertz CT molecular complexity index is 601. The molecule has 0 bridgehead atoms. The molecule has 1 N–H and O–H groups in total. The number of hydrogen-bond donors (Lipinski definition) is 1. The molecule has 2 rings (SSSR count). The van der Waals surface area contributed by atoms with Crippen LogP contribution < -0.4 is 10.5 Å². The van der Waals surface area contributed by atoms with Crippen molar-refractivity contribution in [3.05, 3.63) is 65.2 Å². The smallest absolute Gasteiger partial charge is 0.0715 e. The number of anilines is 1. The van der Waals surface area contributed by atoms with E-state index in [4.69, 9.17) is 0 Å². The van der Waals surface area contributed by atoms with E-state index in [-0.39, 0.29) is 5.56 Å². The van der Waals surface area contributed by atoms with Gasteiger partial charge in [0, 0.05) is 0 Å². The number of carboxylic acid groups (broad SMARTS) is 1. The highest BCUT2D eigenvalue weighted by atomic mass is 16.4. The number of hydrazone groups is 1. The van der Waals surface area contributed by atoms with Gasteiger partial charge in [-0.25, -0.2) is 0 Å².